The van der Waals surface area contributed by atoms with Gasteiger partial charge in [-0.15, -0.1) is 0 Å². The van der Waals surface area contributed by atoms with E-state index in [4.69, 9.17) is 4.74 Å². The molecule has 0 bridgehead atoms. The van der Waals surface area contributed by atoms with Crippen molar-refractivity contribution in [1.82, 2.24) is 0 Å². The first kappa shape index (κ1) is 21.6. The van der Waals surface area contributed by atoms with Crippen molar-refractivity contribution in [3.05, 3.63) is 96.1 Å². The number of para-hydroxylation sites is 1. The molecule has 7 nitrogen and oxygen atoms in total. The zero-order valence-electron chi connectivity index (χ0n) is 16.7. The second kappa shape index (κ2) is 9.58. The van der Waals surface area contributed by atoms with Gasteiger partial charge >= 0.3 is 17.9 Å². The lowest BCUT2D eigenvalue weighted by Gasteiger charge is -2.31. The molecule has 0 heterocycles. The molecule has 158 valence electrons. The number of nitrogens with zero attached hydrogens (tertiary/aromatic N) is 1. The van der Waals surface area contributed by atoms with Crippen LogP contribution in [0.15, 0.2) is 84.9 Å². The van der Waals surface area contributed by atoms with E-state index in [9.17, 15) is 24.6 Å². The molecule has 0 saturated carbocycles. The molecular weight excluding hydrogens is 398 g/mol. The number of rotatable bonds is 8. The van der Waals surface area contributed by atoms with Crippen LogP contribution in [0.4, 0.5) is 5.69 Å². The van der Waals surface area contributed by atoms with Crippen molar-refractivity contribution in [2.75, 3.05) is 11.9 Å². The van der Waals surface area contributed by atoms with Crippen LogP contribution in [0.2, 0.25) is 0 Å². The van der Waals surface area contributed by atoms with E-state index in [1.165, 1.54) is 29.2 Å². The lowest BCUT2D eigenvalue weighted by Crippen LogP contribution is -2.46. The summed E-state index contributed by atoms with van der Waals surface area (Å²) in [5.41, 5.74) is 1.24. The highest BCUT2D eigenvalue weighted by molar-refractivity contribution is 5.91. The number of carbonyl (C=O) groups is 3. The predicted octanol–water partition coefficient (Wildman–Crippen LogP) is 3.66. The molecule has 0 aromatic heterocycles. The van der Waals surface area contributed by atoms with E-state index < -0.39 is 29.9 Å². The largest absolute Gasteiger partial charge is 0.481 e. The summed E-state index contributed by atoms with van der Waals surface area (Å²) in [5.74, 6) is -4.20. The van der Waals surface area contributed by atoms with Gasteiger partial charge < -0.3 is 19.8 Å². The van der Waals surface area contributed by atoms with Crippen LogP contribution in [-0.2, 0) is 9.59 Å². The first-order valence-corrected chi connectivity index (χ1v) is 9.49. The molecule has 3 aromatic carbocycles. The van der Waals surface area contributed by atoms with Gasteiger partial charge in [0.15, 0.2) is 0 Å². The summed E-state index contributed by atoms with van der Waals surface area (Å²) in [6.45, 7) is 0. The number of hydrogen-bond acceptors (Lipinski definition) is 5. The summed E-state index contributed by atoms with van der Waals surface area (Å²) >= 11 is 0. The number of esters is 1. The molecule has 3 rings (SSSR count). The van der Waals surface area contributed by atoms with E-state index in [-0.39, 0.29) is 11.3 Å². The smallest absolute Gasteiger partial charge is 0.343 e. The number of ether oxygens (including phenoxy) is 1. The molecule has 3 aromatic rings. The highest BCUT2D eigenvalue weighted by atomic mass is 16.5. The first-order valence-electron chi connectivity index (χ1n) is 9.49. The first-order chi connectivity index (χ1) is 14.9. The molecule has 31 heavy (non-hydrogen) atoms. The van der Waals surface area contributed by atoms with E-state index in [2.05, 4.69) is 0 Å². The van der Waals surface area contributed by atoms with Gasteiger partial charge in [0.2, 0.25) is 0 Å². The fraction of sp³-hybridized carbons (Fsp3) is 0.125. The Labute approximate surface area is 179 Å². The Kier molecular flexibility index (Phi) is 6.67. The van der Waals surface area contributed by atoms with Gasteiger partial charge in [0, 0.05) is 12.7 Å². The average molecular weight is 419 g/mol. The number of benzene rings is 3. The lowest BCUT2D eigenvalue weighted by atomic mass is 9.90. The SMILES string of the molecule is CN(c1ccccc1)C(C(=O)O)C(C(=O)O)c1ccc(OC(=O)c2ccccc2)cc1. The van der Waals surface area contributed by atoms with Gasteiger partial charge in [0.25, 0.3) is 0 Å². The van der Waals surface area contributed by atoms with Crippen molar-refractivity contribution < 1.29 is 29.3 Å². The minimum Gasteiger partial charge on any atom is -0.481 e. The third kappa shape index (κ3) is 5.08. The van der Waals surface area contributed by atoms with Crippen molar-refractivity contribution in [2.45, 2.75) is 12.0 Å². The third-order valence-corrected chi connectivity index (χ3v) is 4.87. The molecule has 2 unspecified atom stereocenters. The minimum absolute atomic E-state index is 0.227. The van der Waals surface area contributed by atoms with Crippen molar-refractivity contribution >= 4 is 23.6 Å². The molecule has 0 radical (unpaired) electrons. The standard InChI is InChI=1S/C24H21NO6/c1-25(18-10-6-3-7-11-18)21(23(28)29)20(22(26)27)16-12-14-19(15-13-16)31-24(30)17-8-4-2-5-9-17/h2-15,20-21H,1H3,(H,26,27)(H,28,29). The highest BCUT2D eigenvalue weighted by Crippen LogP contribution is 2.29. The van der Waals surface area contributed by atoms with Crippen LogP contribution >= 0.6 is 0 Å². The number of carboxylic acids is 2. The fourth-order valence-electron chi connectivity index (χ4n) is 3.30. The van der Waals surface area contributed by atoms with Crippen LogP contribution in [0.5, 0.6) is 5.75 Å². The van der Waals surface area contributed by atoms with Gasteiger partial charge in [0.05, 0.1) is 5.56 Å². The molecular formula is C24H21NO6. The molecule has 7 heteroatoms. The molecule has 0 aliphatic heterocycles. The van der Waals surface area contributed by atoms with Gasteiger partial charge in [-0.05, 0) is 42.0 Å². The third-order valence-electron chi connectivity index (χ3n) is 4.87. The average Bonchev–Trinajstić information content (AvgIpc) is 2.78. The van der Waals surface area contributed by atoms with Gasteiger partial charge in [-0.25, -0.2) is 9.59 Å². The zero-order chi connectivity index (χ0) is 22.4. The van der Waals surface area contributed by atoms with Crippen LogP contribution in [0.1, 0.15) is 21.8 Å². The van der Waals surface area contributed by atoms with E-state index in [0.29, 0.717) is 11.3 Å². The summed E-state index contributed by atoms with van der Waals surface area (Å²) < 4.78 is 5.31. The molecule has 2 atom stereocenters. The van der Waals surface area contributed by atoms with E-state index in [0.717, 1.165) is 0 Å². The van der Waals surface area contributed by atoms with Crippen LogP contribution in [0.25, 0.3) is 0 Å². The van der Waals surface area contributed by atoms with Gasteiger partial charge in [-0.3, -0.25) is 4.79 Å². The van der Waals surface area contributed by atoms with Gasteiger partial charge in [-0.1, -0.05) is 48.5 Å². The van der Waals surface area contributed by atoms with Crippen LogP contribution in [-0.4, -0.2) is 41.2 Å². The maximum Gasteiger partial charge on any atom is 0.343 e. The Bertz CT molecular complexity index is 1050. The molecule has 0 fully saturated rings. The molecule has 0 aliphatic rings. The normalized spacial score (nSPS) is 12.4. The van der Waals surface area contributed by atoms with Crippen LogP contribution in [0, 0.1) is 0 Å². The number of aliphatic carboxylic acids is 2. The summed E-state index contributed by atoms with van der Waals surface area (Å²) in [4.78, 5) is 37.7. The van der Waals surface area contributed by atoms with Crippen molar-refractivity contribution in [3.8, 4) is 5.75 Å². The zero-order valence-corrected chi connectivity index (χ0v) is 16.7. The topological polar surface area (TPSA) is 104 Å². The predicted molar refractivity (Wildman–Crippen MR) is 114 cm³/mol. The number of likely N-dealkylation sites (N-methyl/N-ethyl adjacent to an activating group) is 1. The second-order valence-electron chi connectivity index (χ2n) is 6.87. The second-order valence-corrected chi connectivity index (χ2v) is 6.87. The Morgan fingerprint density at radius 1 is 0.774 bits per heavy atom. The van der Waals surface area contributed by atoms with E-state index in [1.807, 2.05) is 0 Å². The van der Waals surface area contributed by atoms with Crippen molar-refractivity contribution in [3.63, 3.8) is 0 Å². The summed E-state index contributed by atoms with van der Waals surface area (Å²) in [7, 11) is 1.54. The lowest BCUT2D eigenvalue weighted by molar-refractivity contribution is -0.146. The van der Waals surface area contributed by atoms with Crippen LogP contribution in [0.3, 0.4) is 0 Å². The Morgan fingerprint density at radius 2 is 1.32 bits per heavy atom. The molecule has 0 amide bonds. The molecule has 0 saturated heterocycles. The minimum atomic E-state index is -1.35. The van der Waals surface area contributed by atoms with E-state index in [1.54, 1.807) is 67.7 Å². The highest BCUT2D eigenvalue weighted by Gasteiger charge is 2.38. The molecule has 0 aliphatic carbocycles. The summed E-state index contributed by atoms with van der Waals surface area (Å²) in [5, 5.41) is 19.6. The monoisotopic (exact) mass is 419 g/mol. The maximum atomic E-state index is 12.2. The fourth-order valence-corrected chi connectivity index (χ4v) is 3.30. The number of hydrogen-bond donors (Lipinski definition) is 2. The van der Waals surface area contributed by atoms with Crippen LogP contribution < -0.4 is 9.64 Å². The Morgan fingerprint density at radius 3 is 1.84 bits per heavy atom. The Hall–Kier alpha value is -4.13. The van der Waals surface area contributed by atoms with Crippen molar-refractivity contribution in [2.24, 2.45) is 0 Å². The molecule has 2 N–H and O–H groups in total. The maximum absolute atomic E-state index is 12.2. The molecule has 0 spiro atoms. The number of carboxylic acid groups (broad SMARTS) is 2. The number of carbonyl (C=O) groups excluding carboxylic acids is 1. The summed E-state index contributed by atoms with van der Waals surface area (Å²) in [6, 6.07) is 21.6. The Balaban J connectivity index is 1.85. The van der Waals surface area contributed by atoms with Crippen molar-refractivity contribution in [1.29, 1.82) is 0 Å². The van der Waals surface area contributed by atoms with Gasteiger partial charge in [0.1, 0.15) is 17.7 Å². The van der Waals surface area contributed by atoms with Gasteiger partial charge in [-0.2, -0.15) is 0 Å². The number of anilines is 1. The summed E-state index contributed by atoms with van der Waals surface area (Å²) in [6.07, 6.45) is 0. The van der Waals surface area contributed by atoms with E-state index >= 15 is 0 Å². The quantitative estimate of drug-likeness (QED) is 0.424.